The molecule has 0 unspecified atom stereocenters. The van der Waals surface area contributed by atoms with Gasteiger partial charge in [-0.05, 0) is 42.9 Å². The van der Waals surface area contributed by atoms with Crippen molar-refractivity contribution in [2.24, 2.45) is 11.8 Å². The van der Waals surface area contributed by atoms with E-state index in [9.17, 15) is 9.59 Å². The van der Waals surface area contributed by atoms with Crippen LogP contribution in [-0.4, -0.2) is 23.5 Å². The highest BCUT2D eigenvalue weighted by Crippen LogP contribution is 2.30. The molecule has 0 saturated heterocycles. The topological polar surface area (TPSA) is 66.4 Å². The summed E-state index contributed by atoms with van der Waals surface area (Å²) in [6, 6.07) is 6.16. The molecule has 114 valence electrons. The molecule has 1 aromatic rings. The molecule has 0 atom stereocenters. The Bertz CT molecular complexity index is 505. The van der Waals surface area contributed by atoms with Gasteiger partial charge in [-0.2, -0.15) is 0 Å². The molecule has 4 nitrogen and oxygen atoms in total. The molecular weight excluding hydrogens is 266 g/mol. The third-order valence-electron chi connectivity index (χ3n) is 4.47. The minimum atomic E-state index is -1.01. The summed E-state index contributed by atoms with van der Waals surface area (Å²) in [5.41, 5.74) is 0.559. The van der Waals surface area contributed by atoms with E-state index in [1.807, 2.05) is 0 Å². The number of carboxylic acid groups (broad SMARTS) is 1. The third kappa shape index (κ3) is 4.31. The van der Waals surface area contributed by atoms with Crippen molar-refractivity contribution in [1.29, 1.82) is 0 Å². The molecule has 0 aromatic heterocycles. The number of benzene rings is 1. The van der Waals surface area contributed by atoms with Crippen molar-refractivity contribution in [2.45, 2.75) is 39.0 Å². The second-order valence-corrected chi connectivity index (χ2v) is 5.89. The molecule has 4 heteroatoms. The second-order valence-electron chi connectivity index (χ2n) is 5.89. The number of nitrogens with one attached hydrogen (secondary N) is 1. The van der Waals surface area contributed by atoms with Crippen molar-refractivity contribution in [2.75, 3.05) is 6.54 Å². The lowest BCUT2D eigenvalue weighted by Crippen LogP contribution is -2.31. The Balaban J connectivity index is 1.85. The average Bonchev–Trinajstić information content (AvgIpc) is 2.53. The van der Waals surface area contributed by atoms with Crippen LogP contribution in [0.2, 0.25) is 0 Å². The molecule has 0 aliphatic heterocycles. The summed E-state index contributed by atoms with van der Waals surface area (Å²) in [7, 11) is 0. The van der Waals surface area contributed by atoms with Crippen LogP contribution in [-0.2, 0) is 0 Å². The van der Waals surface area contributed by atoms with E-state index >= 15 is 0 Å². The van der Waals surface area contributed by atoms with Gasteiger partial charge in [-0.15, -0.1) is 0 Å². The summed E-state index contributed by atoms with van der Waals surface area (Å²) in [5.74, 6) is 0.210. The zero-order valence-corrected chi connectivity index (χ0v) is 12.5. The molecule has 0 spiro atoms. The van der Waals surface area contributed by atoms with Crippen molar-refractivity contribution in [3.8, 4) is 0 Å². The van der Waals surface area contributed by atoms with Crippen LogP contribution in [0, 0.1) is 11.8 Å². The summed E-state index contributed by atoms with van der Waals surface area (Å²) >= 11 is 0. The number of rotatable bonds is 5. The fraction of sp³-hybridized carbons (Fsp3) is 0.529. The third-order valence-corrected chi connectivity index (χ3v) is 4.47. The summed E-state index contributed by atoms with van der Waals surface area (Å²) in [4.78, 5) is 23.0. The molecule has 1 aliphatic carbocycles. The molecule has 0 heterocycles. The Morgan fingerprint density at radius 3 is 2.38 bits per heavy atom. The number of carboxylic acids is 1. The van der Waals surface area contributed by atoms with E-state index in [0.717, 1.165) is 5.92 Å². The first-order valence-corrected chi connectivity index (χ1v) is 7.71. The first-order valence-electron chi connectivity index (χ1n) is 7.71. The molecule has 21 heavy (non-hydrogen) atoms. The fourth-order valence-corrected chi connectivity index (χ4v) is 2.98. The maximum absolute atomic E-state index is 12.1. The minimum Gasteiger partial charge on any atom is -0.478 e. The van der Waals surface area contributed by atoms with E-state index in [1.165, 1.54) is 44.2 Å². The van der Waals surface area contributed by atoms with E-state index in [4.69, 9.17) is 5.11 Å². The lowest BCUT2D eigenvalue weighted by molar-refractivity contribution is 0.0697. The van der Waals surface area contributed by atoms with E-state index in [0.29, 0.717) is 18.0 Å². The molecule has 0 bridgehead atoms. The second kappa shape index (κ2) is 7.25. The van der Waals surface area contributed by atoms with E-state index in [1.54, 1.807) is 12.1 Å². The smallest absolute Gasteiger partial charge is 0.335 e. The molecular formula is C17H23NO3. The van der Waals surface area contributed by atoms with E-state index in [2.05, 4.69) is 12.2 Å². The van der Waals surface area contributed by atoms with Crippen LogP contribution in [0.3, 0.4) is 0 Å². The maximum atomic E-state index is 12.1. The highest BCUT2D eigenvalue weighted by Gasteiger charge is 2.20. The van der Waals surface area contributed by atoms with Gasteiger partial charge in [-0.1, -0.05) is 32.3 Å². The monoisotopic (exact) mass is 289 g/mol. The van der Waals surface area contributed by atoms with E-state index < -0.39 is 5.97 Å². The van der Waals surface area contributed by atoms with Gasteiger partial charge in [0.2, 0.25) is 0 Å². The fourth-order valence-electron chi connectivity index (χ4n) is 2.98. The Morgan fingerprint density at radius 2 is 1.76 bits per heavy atom. The maximum Gasteiger partial charge on any atom is 0.335 e. The Labute approximate surface area is 125 Å². The standard InChI is InChI=1S/C17H23NO3/c1-2-12-6-8-13(9-7-12)11-18-16(19)14-4-3-5-15(10-14)17(20)21/h3-5,10,12-13H,2,6-9,11H2,1H3,(H,18,19)(H,20,21). The van der Waals surface area contributed by atoms with Crippen LogP contribution in [0.15, 0.2) is 24.3 Å². The molecule has 2 N–H and O–H groups in total. The number of carbonyl (C=O) groups excluding carboxylic acids is 1. The van der Waals surface area contributed by atoms with Crippen LogP contribution in [0.4, 0.5) is 0 Å². The predicted molar refractivity (Wildman–Crippen MR) is 81.5 cm³/mol. The van der Waals surface area contributed by atoms with Crippen LogP contribution in [0.25, 0.3) is 0 Å². The quantitative estimate of drug-likeness (QED) is 0.873. The Kier molecular flexibility index (Phi) is 5.37. The number of hydrogen-bond acceptors (Lipinski definition) is 2. The van der Waals surface area contributed by atoms with Crippen LogP contribution >= 0.6 is 0 Å². The van der Waals surface area contributed by atoms with E-state index in [-0.39, 0.29) is 11.5 Å². The Morgan fingerprint density at radius 1 is 1.14 bits per heavy atom. The Hall–Kier alpha value is -1.84. The predicted octanol–water partition coefficient (Wildman–Crippen LogP) is 3.33. The first kappa shape index (κ1) is 15.5. The van der Waals surface area contributed by atoms with Crippen molar-refractivity contribution >= 4 is 11.9 Å². The van der Waals surface area contributed by atoms with Crippen LogP contribution in [0.1, 0.15) is 59.7 Å². The van der Waals surface area contributed by atoms with Gasteiger partial charge in [0.05, 0.1) is 5.56 Å². The number of amides is 1. The zero-order valence-electron chi connectivity index (χ0n) is 12.5. The van der Waals surface area contributed by atoms with Crippen molar-refractivity contribution in [3.05, 3.63) is 35.4 Å². The highest BCUT2D eigenvalue weighted by molar-refractivity contribution is 5.97. The van der Waals surface area contributed by atoms with Gasteiger partial charge in [0.1, 0.15) is 0 Å². The highest BCUT2D eigenvalue weighted by atomic mass is 16.4. The number of aromatic carboxylic acids is 1. The lowest BCUT2D eigenvalue weighted by atomic mass is 9.81. The summed E-state index contributed by atoms with van der Waals surface area (Å²) in [6.07, 6.45) is 6.11. The van der Waals surface area contributed by atoms with Crippen LogP contribution < -0.4 is 5.32 Å². The number of hydrogen-bond donors (Lipinski definition) is 2. The molecule has 1 aromatic carbocycles. The van der Waals surface area contributed by atoms with Gasteiger partial charge in [0.25, 0.3) is 5.91 Å². The zero-order chi connectivity index (χ0) is 15.2. The van der Waals surface area contributed by atoms with Crippen molar-refractivity contribution in [1.82, 2.24) is 5.32 Å². The normalized spacial score (nSPS) is 21.8. The average molecular weight is 289 g/mol. The van der Waals surface area contributed by atoms with Crippen LogP contribution in [0.5, 0.6) is 0 Å². The largest absolute Gasteiger partial charge is 0.478 e. The van der Waals surface area contributed by atoms with Gasteiger partial charge in [-0.25, -0.2) is 4.79 Å². The van der Waals surface area contributed by atoms with Gasteiger partial charge in [-0.3, -0.25) is 4.79 Å². The summed E-state index contributed by atoms with van der Waals surface area (Å²) in [6.45, 7) is 2.93. The molecule has 1 aliphatic rings. The first-order chi connectivity index (χ1) is 10.1. The number of carbonyl (C=O) groups is 2. The SMILES string of the molecule is CCC1CCC(CNC(=O)c2cccc(C(=O)O)c2)CC1. The van der Waals surface area contributed by atoms with Crippen molar-refractivity contribution < 1.29 is 14.7 Å². The van der Waals surface area contributed by atoms with Gasteiger partial charge < -0.3 is 10.4 Å². The summed E-state index contributed by atoms with van der Waals surface area (Å²) < 4.78 is 0. The molecule has 1 saturated carbocycles. The molecule has 2 rings (SSSR count). The molecule has 0 radical (unpaired) electrons. The van der Waals surface area contributed by atoms with Gasteiger partial charge in [0, 0.05) is 12.1 Å². The molecule has 1 fully saturated rings. The van der Waals surface area contributed by atoms with Crippen molar-refractivity contribution in [3.63, 3.8) is 0 Å². The molecule has 1 amide bonds. The van der Waals surface area contributed by atoms with Gasteiger partial charge >= 0.3 is 5.97 Å². The minimum absolute atomic E-state index is 0.145. The summed E-state index contributed by atoms with van der Waals surface area (Å²) in [5, 5.41) is 11.9. The lowest BCUT2D eigenvalue weighted by Gasteiger charge is -2.27. The van der Waals surface area contributed by atoms with Gasteiger partial charge in [0.15, 0.2) is 0 Å².